The van der Waals surface area contributed by atoms with Crippen LogP contribution in [0, 0.1) is 0 Å². The van der Waals surface area contributed by atoms with Gasteiger partial charge in [-0.1, -0.05) is 30.3 Å². The van der Waals surface area contributed by atoms with Gasteiger partial charge in [-0.05, 0) is 87.6 Å². The third-order valence-electron chi connectivity index (χ3n) is 7.98. The molecule has 1 fully saturated rings. The fourth-order valence-corrected chi connectivity index (χ4v) is 7.26. The van der Waals surface area contributed by atoms with Crippen LogP contribution >= 0.6 is 0 Å². The fraction of sp³-hybridized carbons (Fsp3) is 0.417. The average molecular weight is 695 g/mol. The van der Waals surface area contributed by atoms with Crippen molar-refractivity contribution in [3.63, 3.8) is 0 Å². The Morgan fingerprint density at radius 3 is 2.14 bits per heavy atom. The molecule has 1 heterocycles. The number of anilines is 2. The minimum Gasteiger partial charge on any atom is -0.462 e. The van der Waals surface area contributed by atoms with Gasteiger partial charge in [0.15, 0.2) is 0 Å². The van der Waals surface area contributed by atoms with Gasteiger partial charge in [-0.25, -0.2) is 18.0 Å². The Bertz CT molecular complexity index is 1660. The summed E-state index contributed by atoms with van der Waals surface area (Å²) in [5.41, 5.74) is 3.19. The molecule has 2 atom stereocenters. The molecule has 3 aromatic carbocycles. The molecule has 0 aromatic heterocycles. The molecule has 0 bridgehead atoms. The van der Waals surface area contributed by atoms with Crippen LogP contribution < -0.4 is 20.3 Å². The van der Waals surface area contributed by atoms with Crippen LogP contribution in [0.25, 0.3) is 0 Å². The molecule has 12 nitrogen and oxygen atoms in total. The summed E-state index contributed by atoms with van der Waals surface area (Å²) >= 11 is 0. The van der Waals surface area contributed by atoms with Gasteiger partial charge < -0.3 is 30.5 Å². The number of benzene rings is 3. The van der Waals surface area contributed by atoms with Gasteiger partial charge in [0.25, 0.3) is 5.91 Å². The predicted molar refractivity (Wildman–Crippen MR) is 188 cm³/mol. The number of esters is 2. The Labute approximate surface area is 288 Å². The van der Waals surface area contributed by atoms with E-state index in [1.807, 2.05) is 37.3 Å². The van der Waals surface area contributed by atoms with Crippen molar-refractivity contribution in [3.8, 4) is 0 Å². The van der Waals surface area contributed by atoms with Crippen LogP contribution in [0.15, 0.2) is 66.7 Å². The normalized spacial score (nSPS) is 15.1. The number of aliphatic hydroxyl groups excluding tert-OH is 1. The number of carbonyl (C=O) groups excluding carboxylic acids is 3. The highest BCUT2D eigenvalue weighted by Gasteiger charge is 2.28. The standard InChI is InChI=1S/C36H46N4O8S/c1-4-38-30-20-27(21-31(22-30)40-14-10-11-15-49(40,45)46)34(42)39-32(18-25-12-8-7-9-13-25)33(41)24-37-23-26-16-28(35(43)47-5-2)19-29(17-26)36(44)48-6-3/h7-9,12-13,16-17,19-22,32-33,37-38,41H,4-6,10-11,14-15,18,23-24H2,1-3H3,(H,39,42)/t32-,33+/m0/s1. The van der Waals surface area contributed by atoms with Crippen LogP contribution in [-0.2, 0) is 32.5 Å². The Balaban J connectivity index is 1.54. The molecule has 0 saturated carbocycles. The lowest BCUT2D eigenvalue weighted by Crippen LogP contribution is -2.48. The van der Waals surface area contributed by atoms with Gasteiger partial charge >= 0.3 is 11.9 Å². The number of carbonyl (C=O) groups is 3. The molecule has 13 heteroatoms. The lowest BCUT2D eigenvalue weighted by molar-refractivity contribution is 0.0524. The number of aliphatic hydroxyl groups is 1. The van der Waals surface area contributed by atoms with Crippen LogP contribution in [-0.4, -0.2) is 82.1 Å². The van der Waals surface area contributed by atoms with Gasteiger partial charge in [0.1, 0.15) is 0 Å². The summed E-state index contributed by atoms with van der Waals surface area (Å²) in [4.78, 5) is 38.7. The second kappa shape index (κ2) is 17.8. The summed E-state index contributed by atoms with van der Waals surface area (Å²) in [6.45, 7) is 6.81. The van der Waals surface area contributed by atoms with Crippen LogP contribution in [0.3, 0.4) is 0 Å². The monoisotopic (exact) mass is 694 g/mol. The molecule has 4 rings (SSSR count). The molecule has 3 aromatic rings. The highest BCUT2D eigenvalue weighted by Crippen LogP contribution is 2.28. The summed E-state index contributed by atoms with van der Waals surface area (Å²) < 4.78 is 37.4. The molecule has 4 N–H and O–H groups in total. The van der Waals surface area contributed by atoms with E-state index in [0.717, 1.165) is 12.0 Å². The zero-order valence-electron chi connectivity index (χ0n) is 28.2. The Morgan fingerprint density at radius 2 is 1.53 bits per heavy atom. The van der Waals surface area contributed by atoms with E-state index in [9.17, 15) is 27.9 Å². The quantitative estimate of drug-likeness (QED) is 0.162. The summed E-state index contributed by atoms with van der Waals surface area (Å²) in [6.07, 6.45) is 0.582. The van der Waals surface area contributed by atoms with Gasteiger partial charge in [0.05, 0.1) is 47.9 Å². The average Bonchev–Trinajstić information content (AvgIpc) is 3.08. The molecule has 0 unspecified atom stereocenters. The first-order valence-electron chi connectivity index (χ1n) is 16.7. The maximum absolute atomic E-state index is 13.8. The number of ether oxygens (including phenoxy) is 2. The Kier molecular flexibility index (Phi) is 13.6. The maximum Gasteiger partial charge on any atom is 0.338 e. The minimum atomic E-state index is -3.51. The summed E-state index contributed by atoms with van der Waals surface area (Å²) in [7, 11) is -3.51. The van der Waals surface area contributed by atoms with E-state index >= 15 is 0 Å². The van der Waals surface area contributed by atoms with E-state index in [1.54, 1.807) is 44.2 Å². The second-order valence-electron chi connectivity index (χ2n) is 11.7. The van der Waals surface area contributed by atoms with E-state index < -0.39 is 40.0 Å². The van der Waals surface area contributed by atoms with Crippen LogP contribution in [0.5, 0.6) is 0 Å². The number of amides is 1. The van der Waals surface area contributed by atoms with Crippen molar-refractivity contribution < 1.29 is 37.4 Å². The highest BCUT2D eigenvalue weighted by molar-refractivity contribution is 7.92. The number of rotatable bonds is 16. The lowest BCUT2D eigenvalue weighted by atomic mass is 10.00. The summed E-state index contributed by atoms with van der Waals surface area (Å²) in [6, 6.07) is 18.3. The van der Waals surface area contributed by atoms with Crippen molar-refractivity contribution >= 4 is 39.2 Å². The number of sulfonamides is 1. The molecule has 264 valence electrons. The third kappa shape index (κ3) is 10.5. The fourth-order valence-electron chi connectivity index (χ4n) is 5.64. The highest BCUT2D eigenvalue weighted by atomic mass is 32.2. The molecule has 1 aliphatic rings. The van der Waals surface area contributed by atoms with Gasteiger partial charge in [-0.3, -0.25) is 9.10 Å². The van der Waals surface area contributed by atoms with Gasteiger partial charge in [-0.15, -0.1) is 0 Å². The molecular formula is C36H46N4O8S. The van der Waals surface area contributed by atoms with Crippen molar-refractivity contribution in [2.75, 3.05) is 48.2 Å². The van der Waals surface area contributed by atoms with Crippen LogP contribution in [0.4, 0.5) is 11.4 Å². The first kappa shape index (κ1) is 37.4. The van der Waals surface area contributed by atoms with E-state index in [-0.39, 0.29) is 48.7 Å². The van der Waals surface area contributed by atoms with Crippen LogP contribution in [0.1, 0.15) is 75.8 Å². The van der Waals surface area contributed by atoms with Crippen molar-refractivity contribution in [2.45, 2.75) is 58.7 Å². The van der Waals surface area contributed by atoms with Crippen molar-refractivity contribution in [1.82, 2.24) is 10.6 Å². The zero-order valence-corrected chi connectivity index (χ0v) is 29.1. The minimum absolute atomic E-state index is 0.0512. The Morgan fingerprint density at radius 1 is 0.857 bits per heavy atom. The molecule has 0 radical (unpaired) electrons. The predicted octanol–water partition coefficient (Wildman–Crippen LogP) is 3.89. The lowest BCUT2D eigenvalue weighted by Gasteiger charge is -2.29. The summed E-state index contributed by atoms with van der Waals surface area (Å²) in [5.74, 6) is -1.55. The first-order chi connectivity index (χ1) is 23.5. The van der Waals surface area contributed by atoms with E-state index in [2.05, 4.69) is 16.0 Å². The molecule has 0 spiro atoms. The number of hydrogen-bond acceptors (Lipinski definition) is 10. The van der Waals surface area contributed by atoms with Crippen LogP contribution in [0.2, 0.25) is 0 Å². The van der Waals surface area contributed by atoms with Gasteiger partial charge in [0, 0.05) is 37.4 Å². The number of hydrogen-bond donors (Lipinski definition) is 4. The molecule has 1 aliphatic heterocycles. The molecular weight excluding hydrogens is 648 g/mol. The van der Waals surface area contributed by atoms with Crippen molar-refractivity contribution in [3.05, 3.63) is 94.5 Å². The van der Waals surface area contributed by atoms with E-state index in [4.69, 9.17) is 9.47 Å². The largest absolute Gasteiger partial charge is 0.462 e. The zero-order chi connectivity index (χ0) is 35.4. The maximum atomic E-state index is 13.8. The van der Waals surface area contributed by atoms with Crippen molar-refractivity contribution in [1.29, 1.82) is 0 Å². The molecule has 0 aliphatic carbocycles. The molecule has 49 heavy (non-hydrogen) atoms. The smallest absolute Gasteiger partial charge is 0.338 e. The van der Waals surface area contributed by atoms with E-state index in [0.29, 0.717) is 42.9 Å². The van der Waals surface area contributed by atoms with Crippen molar-refractivity contribution in [2.24, 2.45) is 0 Å². The Hall–Kier alpha value is -4.46. The third-order valence-corrected chi connectivity index (χ3v) is 9.84. The molecule has 1 saturated heterocycles. The molecule has 1 amide bonds. The summed E-state index contributed by atoms with van der Waals surface area (Å²) in [5, 5.41) is 20.8. The first-order valence-corrected chi connectivity index (χ1v) is 18.3. The van der Waals surface area contributed by atoms with E-state index in [1.165, 1.54) is 10.4 Å². The second-order valence-corrected chi connectivity index (χ2v) is 13.7. The van der Waals surface area contributed by atoms with Gasteiger partial charge in [-0.2, -0.15) is 0 Å². The topological polar surface area (TPSA) is 163 Å². The number of nitrogens with one attached hydrogen (secondary N) is 3. The van der Waals surface area contributed by atoms with Gasteiger partial charge in [0.2, 0.25) is 10.0 Å². The SMILES string of the molecule is CCNc1cc(C(=O)N[C@@H](Cc2ccccc2)[C@H](O)CNCc2cc(C(=O)OCC)cc(C(=O)OCC)c2)cc(N2CCCCS2(=O)=O)c1. The number of nitrogens with zero attached hydrogens (tertiary/aromatic N) is 1.